The Hall–Kier alpha value is -1.84. The molecule has 1 N–H and O–H groups in total. The van der Waals surface area contributed by atoms with Crippen molar-refractivity contribution < 1.29 is 14.7 Å². The quantitative estimate of drug-likeness (QED) is 0.855. The zero-order chi connectivity index (χ0) is 14.4. The Kier molecular flexibility index (Phi) is 5.55. The number of likely N-dealkylation sites (N-methyl/N-ethyl adjacent to an activating group) is 1. The van der Waals surface area contributed by atoms with E-state index in [1.807, 2.05) is 26.0 Å². The largest absolute Gasteiger partial charge is 0.480 e. The Morgan fingerprint density at radius 3 is 2.47 bits per heavy atom. The van der Waals surface area contributed by atoms with Gasteiger partial charge in [-0.05, 0) is 38.3 Å². The predicted octanol–water partition coefficient (Wildman–Crippen LogP) is 2.17. The molecule has 104 valence electrons. The molecule has 0 aliphatic rings. The average molecular weight is 263 g/mol. The molecular weight excluding hydrogens is 242 g/mol. The Labute approximate surface area is 114 Å². The first-order valence-electron chi connectivity index (χ1n) is 6.49. The van der Waals surface area contributed by atoms with E-state index >= 15 is 0 Å². The molecule has 0 atom stereocenters. The molecule has 0 spiro atoms. The fourth-order valence-corrected chi connectivity index (χ4v) is 2.07. The Morgan fingerprint density at radius 2 is 1.95 bits per heavy atom. The number of carboxylic acids is 1. The summed E-state index contributed by atoms with van der Waals surface area (Å²) in [6.07, 6.45) is 1.01. The normalized spacial score (nSPS) is 10.3. The van der Waals surface area contributed by atoms with Crippen molar-refractivity contribution in [3.63, 3.8) is 0 Å². The number of aliphatic carboxylic acids is 1. The van der Waals surface area contributed by atoms with Crippen molar-refractivity contribution >= 4 is 11.9 Å². The van der Waals surface area contributed by atoms with Crippen molar-refractivity contribution in [1.29, 1.82) is 0 Å². The highest BCUT2D eigenvalue weighted by atomic mass is 16.4. The average Bonchev–Trinajstić information content (AvgIpc) is 2.34. The molecule has 0 aliphatic heterocycles. The summed E-state index contributed by atoms with van der Waals surface area (Å²) in [5.74, 6) is -1.08. The van der Waals surface area contributed by atoms with E-state index in [4.69, 9.17) is 5.11 Å². The van der Waals surface area contributed by atoms with E-state index < -0.39 is 5.97 Å². The molecule has 0 unspecified atom stereocenters. The maximum atomic E-state index is 11.9. The number of amides is 1. The van der Waals surface area contributed by atoms with Crippen LogP contribution in [0.15, 0.2) is 18.2 Å². The number of carboxylic acid groups (broad SMARTS) is 1. The smallest absolute Gasteiger partial charge is 0.323 e. The second-order valence-electron chi connectivity index (χ2n) is 4.73. The molecule has 4 heteroatoms. The molecule has 1 aromatic rings. The van der Waals surface area contributed by atoms with Gasteiger partial charge in [0.1, 0.15) is 6.54 Å². The summed E-state index contributed by atoms with van der Waals surface area (Å²) in [6.45, 7) is 6.06. The molecule has 0 saturated carbocycles. The minimum atomic E-state index is -0.971. The third-order valence-corrected chi connectivity index (χ3v) is 3.17. The highest BCUT2D eigenvalue weighted by Gasteiger charge is 2.14. The van der Waals surface area contributed by atoms with Crippen LogP contribution in [0.2, 0.25) is 0 Å². The van der Waals surface area contributed by atoms with Gasteiger partial charge in [-0.1, -0.05) is 23.8 Å². The molecule has 19 heavy (non-hydrogen) atoms. The Morgan fingerprint density at radius 1 is 1.26 bits per heavy atom. The number of nitrogens with zero attached hydrogens (tertiary/aromatic N) is 1. The third-order valence-electron chi connectivity index (χ3n) is 3.17. The van der Waals surface area contributed by atoms with Gasteiger partial charge in [0.25, 0.3) is 0 Å². The van der Waals surface area contributed by atoms with Crippen molar-refractivity contribution in [3.8, 4) is 0 Å². The number of aryl methyl sites for hydroxylation is 3. The van der Waals surface area contributed by atoms with Crippen LogP contribution in [0, 0.1) is 13.8 Å². The van der Waals surface area contributed by atoms with E-state index in [1.54, 1.807) is 6.92 Å². The maximum absolute atomic E-state index is 11.9. The zero-order valence-electron chi connectivity index (χ0n) is 11.8. The van der Waals surface area contributed by atoms with Gasteiger partial charge in [-0.15, -0.1) is 0 Å². The summed E-state index contributed by atoms with van der Waals surface area (Å²) in [6, 6.07) is 6.15. The van der Waals surface area contributed by atoms with Crippen LogP contribution in [0.4, 0.5) is 0 Å². The summed E-state index contributed by atoms with van der Waals surface area (Å²) in [7, 11) is 0. The molecule has 0 bridgehead atoms. The van der Waals surface area contributed by atoms with E-state index in [0.717, 1.165) is 5.56 Å². The predicted molar refractivity (Wildman–Crippen MR) is 74.1 cm³/mol. The van der Waals surface area contributed by atoms with Gasteiger partial charge in [-0.2, -0.15) is 0 Å². The van der Waals surface area contributed by atoms with Crippen molar-refractivity contribution in [2.45, 2.75) is 33.6 Å². The molecular formula is C15H21NO3. The Balaban J connectivity index is 2.60. The van der Waals surface area contributed by atoms with E-state index in [0.29, 0.717) is 19.4 Å². The highest BCUT2D eigenvalue weighted by Crippen LogP contribution is 2.13. The van der Waals surface area contributed by atoms with E-state index in [1.165, 1.54) is 16.0 Å². The summed E-state index contributed by atoms with van der Waals surface area (Å²) in [5.41, 5.74) is 3.52. The van der Waals surface area contributed by atoms with E-state index in [2.05, 4.69) is 6.07 Å². The summed E-state index contributed by atoms with van der Waals surface area (Å²) in [5, 5.41) is 8.73. The van der Waals surface area contributed by atoms with Gasteiger partial charge in [-0.25, -0.2) is 0 Å². The number of hydrogen-bond donors (Lipinski definition) is 1. The Bertz CT molecular complexity index is 468. The first kappa shape index (κ1) is 15.2. The van der Waals surface area contributed by atoms with Crippen LogP contribution in [-0.2, 0) is 16.0 Å². The third kappa shape index (κ3) is 4.73. The second-order valence-corrected chi connectivity index (χ2v) is 4.73. The molecule has 0 radical (unpaired) electrons. The van der Waals surface area contributed by atoms with Crippen LogP contribution in [0.5, 0.6) is 0 Å². The summed E-state index contributed by atoms with van der Waals surface area (Å²) in [4.78, 5) is 23.9. The lowest BCUT2D eigenvalue weighted by Crippen LogP contribution is -2.35. The first-order valence-corrected chi connectivity index (χ1v) is 6.49. The highest BCUT2D eigenvalue weighted by molar-refractivity contribution is 5.81. The molecule has 0 aliphatic carbocycles. The van der Waals surface area contributed by atoms with Crippen LogP contribution in [0.25, 0.3) is 0 Å². The monoisotopic (exact) mass is 263 g/mol. The van der Waals surface area contributed by atoms with Crippen LogP contribution in [-0.4, -0.2) is 35.0 Å². The summed E-state index contributed by atoms with van der Waals surface area (Å²) < 4.78 is 0. The molecule has 1 aromatic carbocycles. The minimum absolute atomic E-state index is 0.107. The topological polar surface area (TPSA) is 57.6 Å². The number of carbonyl (C=O) groups excluding carboxylic acids is 1. The second kappa shape index (κ2) is 6.92. The van der Waals surface area contributed by atoms with Crippen LogP contribution >= 0.6 is 0 Å². The standard InChI is InChI=1S/C15H21NO3/c1-4-16(10-15(18)19)14(17)8-7-13-6-5-11(2)9-12(13)3/h5-6,9H,4,7-8,10H2,1-3H3,(H,18,19). The molecule has 4 nitrogen and oxygen atoms in total. The van der Waals surface area contributed by atoms with Crippen molar-refractivity contribution in [2.75, 3.05) is 13.1 Å². The fourth-order valence-electron chi connectivity index (χ4n) is 2.07. The first-order chi connectivity index (χ1) is 8.93. The van der Waals surface area contributed by atoms with Gasteiger partial charge in [0, 0.05) is 13.0 Å². The van der Waals surface area contributed by atoms with Crippen molar-refractivity contribution in [2.24, 2.45) is 0 Å². The van der Waals surface area contributed by atoms with Gasteiger partial charge in [0.2, 0.25) is 5.91 Å². The molecule has 1 amide bonds. The molecule has 0 saturated heterocycles. The van der Waals surface area contributed by atoms with Crippen LogP contribution < -0.4 is 0 Å². The minimum Gasteiger partial charge on any atom is -0.480 e. The van der Waals surface area contributed by atoms with Gasteiger partial charge >= 0.3 is 5.97 Å². The SMILES string of the molecule is CCN(CC(=O)O)C(=O)CCc1ccc(C)cc1C. The molecule has 0 fully saturated rings. The number of benzene rings is 1. The van der Waals surface area contributed by atoms with Crippen LogP contribution in [0.3, 0.4) is 0 Å². The lowest BCUT2D eigenvalue weighted by Gasteiger charge is -2.18. The molecule has 0 heterocycles. The summed E-state index contributed by atoms with van der Waals surface area (Å²) >= 11 is 0. The van der Waals surface area contributed by atoms with E-state index in [9.17, 15) is 9.59 Å². The maximum Gasteiger partial charge on any atom is 0.323 e. The zero-order valence-corrected chi connectivity index (χ0v) is 11.8. The number of carbonyl (C=O) groups is 2. The van der Waals surface area contributed by atoms with Gasteiger partial charge in [0.15, 0.2) is 0 Å². The number of rotatable bonds is 6. The van der Waals surface area contributed by atoms with Crippen LogP contribution in [0.1, 0.15) is 30.0 Å². The van der Waals surface area contributed by atoms with Crippen molar-refractivity contribution in [1.82, 2.24) is 4.90 Å². The van der Waals surface area contributed by atoms with Gasteiger partial charge < -0.3 is 10.0 Å². The molecule has 0 aromatic heterocycles. The van der Waals surface area contributed by atoms with Gasteiger partial charge in [-0.3, -0.25) is 9.59 Å². The molecule has 1 rings (SSSR count). The van der Waals surface area contributed by atoms with Crippen molar-refractivity contribution in [3.05, 3.63) is 34.9 Å². The lowest BCUT2D eigenvalue weighted by molar-refractivity contribution is -0.144. The van der Waals surface area contributed by atoms with E-state index in [-0.39, 0.29) is 12.5 Å². The van der Waals surface area contributed by atoms with Gasteiger partial charge in [0.05, 0.1) is 0 Å². The number of hydrogen-bond acceptors (Lipinski definition) is 2. The lowest BCUT2D eigenvalue weighted by atomic mass is 10.0. The fraction of sp³-hybridized carbons (Fsp3) is 0.467.